The zero-order valence-electron chi connectivity index (χ0n) is 12.9. The van der Waals surface area contributed by atoms with Crippen molar-refractivity contribution in [2.75, 3.05) is 18.0 Å². The number of carbonyl (C=O) groups excluding carboxylic acids is 1. The molecule has 2 heterocycles. The fraction of sp³-hybridized carbons (Fsp3) is 0.389. The first-order chi connectivity index (χ1) is 10.7. The van der Waals surface area contributed by atoms with Crippen LogP contribution in [0.1, 0.15) is 23.8 Å². The first-order valence-corrected chi connectivity index (χ1v) is 8.75. The quantitative estimate of drug-likeness (QED) is 0.919. The molecule has 116 valence electrons. The van der Waals surface area contributed by atoms with Crippen molar-refractivity contribution in [1.82, 2.24) is 5.32 Å². The van der Waals surface area contributed by atoms with Crippen molar-refractivity contribution in [2.45, 2.75) is 32.2 Å². The van der Waals surface area contributed by atoms with Crippen molar-refractivity contribution in [1.29, 1.82) is 0 Å². The maximum absolute atomic E-state index is 12.2. The third-order valence-corrected chi connectivity index (χ3v) is 5.19. The summed E-state index contributed by atoms with van der Waals surface area (Å²) in [6, 6.07) is 13.0. The number of carbonyl (C=O) groups is 1. The van der Waals surface area contributed by atoms with Crippen LogP contribution in [0.2, 0.25) is 0 Å². The molecule has 1 aromatic carbocycles. The predicted molar refractivity (Wildman–Crippen MR) is 92.6 cm³/mol. The SMILES string of the molecule is CC1CCc2ccccc2N1CC(=O)NCCc1cccs1. The molecule has 1 aromatic heterocycles. The summed E-state index contributed by atoms with van der Waals surface area (Å²) >= 11 is 1.74. The Balaban J connectivity index is 1.56. The van der Waals surface area contributed by atoms with Crippen LogP contribution in [0, 0.1) is 0 Å². The number of para-hydroxylation sites is 1. The van der Waals surface area contributed by atoms with E-state index in [2.05, 4.69) is 52.9 Å². The molecule has 0 fully saturated rings. The van der Waals surface area contributed by atoms with Crippen molar-refractivity contribution >= 4 is 22.9 Å². The van der Waals surface area contributed by atoms with Crippen LogP contribution in [-0.4, -0.2) is 25.0 Å². The third kappa shape index (κ3) is 3.50. The molecule has 2 aromatic rings. The molecule has 22 heavy (non-hydrogen) atoms. The van der Waals surface area contributed by atoms with E-state index in [4.69, 9.17) is 0 Å². The Morgan fingerprint density at radius 3 is 3.00 bits per heavy atom. The minimum atomic E-state index is 0.111. The van der Waals surface area contributed by atoms with Crippen molar-refractivity contribution in [3.8, 4) is 0 Å². The Labute approximate surface area is 136 Å². The van der Waals surface area contributed by atoms with E-state index in [1.165, 1.54) is 16.1 Å². The Morgan fingerprint density at radius 1 is 1.32 bits per heavy atom. The molecule has 0 bridgehead atoms. The summed E-state index contributed by atoms with van der Waals surface area (Å²) in [5, 5.41) is 5.12. The third-order valence-electron chi connectivity index (χ3n) is 4.25. The van der Waals surface area contributed by atoms with Gasteiger partial charge in [0.25, 0.3) is 0 Å². The number of amides is 1. The van der Waals surface area contributed by atoms with Crippen LogP contribution in [0.3, 0.4) is 0 Å². The topological polar surface area (TPSA) is 32.3 Å². The van der Waals surface area contributed by atoms with Gasteiger partial charge in [0.1, 0.15) is 0 Å². The van der Waals surface area contributed by atoms with Gasteiger partial charge >= 0.3 is 0 Å². The van der Waals surface area contributed by atoms with Crippen LogP contribution in [0.5, 0.6) is 0 Å². The van der Waals surface area contributed by atoms with Crippen LogP contribution < -0.4 is 10.2 Å². The normalized spacial score (nSPS) is 17.1. The monoisotopic (exact) mass is 314 g/mol. The molecule has 0 saturated heterocycles. The molecule has 1 N–H and O–H groups in total. The van der Waals surface area contributed by atoms with Crippen LogP contribution in [-0.2, 0) is 17.6 Å². The molecule has 3 nitrogen and oxygen atoms in total. The van der Waals surface area contributed by atoms with E-state index >= 15 is 0 Å². The van der Waals surface area contributed by atoms with Gasteiger partial charge in [-0.2, -0.15) is 0 Å². The fourth-order valence-corrected chi connectivity index (χ4v) is 3.70. The van der Waals surface area contributed by atoms with E-state index in [-0.39, 0.29) is 5.91 Å². The summed E-state index contributed by atoms with van der Waals surface area (Å²) in [6.45, 7) is 3.36. The van der Waals surface area contributed by atoms with Gasteiger partial charge in [-0.05, 0) is 49.3 Å². The Bertz CT molecular complexity index is 624. The van der Waals surface area contributed by atoms with Gasteiger partial charge in [-0.25, -0.2) is 0 Å². The number of fused-ring (bicyclic) bond motifs is 1. The summed E-state index contributed by atoms with van der Waals surface area (Å²) in [5.74, 6) is 0.111. The molecule has 3 rings (SSSR count). The van der Waals surface area contributed by atoms with Crippen LogP contribution in [0.25, 0.3) is 0 Å². The van der Waals surface area contributed by atoms with Crippen LogP contribution in [0.4, 0.5) is 5.69 Å². The van der Waals surface area contributed by atoms with Gasteiger partial charge in [0.15, 0.2) is 0 Å². The predicted octanol–water partition coefficient (Wildman–Crippen LogP) is 3.25. The van der Waals surface area contributed by atoms with Gasteiger partial charge in [-0.3, -0.25) is 4.79 Å². The number of thiophene rings is 1. The lowest BCUT2D eigenvalue weighted by Gasteiger charge is -2.36. The summed E-state index contributed by atoms with van der Waals surface area (Å²) in [4.78, 5) is 15.8. The van der Waals surface area contributed by atoms with Gasteiger partial charge in [0.2, 0.25) is 5.91 Å². The minimum Gasteiger partial charge on any atom is -0.359 e. The van der Waals surface area contributed by atoms with E-state index in [1.807, 2.05) is 6.07 Å². The lowest BCUT2D eigenvalue weighted by Crippen LogP contribution is -2.44. The van der Waals surface area contributed by atoms with Crippen molar-refractivity contribution in [2.24, 2.45) is 0 Å². The number of hydrogen-bond acceptors (Lipinski definition) is 3. The standard InChI is InChI=1S/C18H22N2OS/c1-14-8-9-15-5-2-3-7-17(15)20(14)13-18(21)19-11-10-16-6-4-12-22-16/h2-7,12,14H,8-11,13H2,1H3,(H,19,21). The average Bonchev–Trinajstić information content (AvgIpc) is 3.03. The molecular formula is C18H22N2OS. The van der Waals surface area contributed by atoms with Crippen molar-refractivity contribution in [3.63, 3.8) is 0 Å². The van der Waals surface area contributed by atoms with Gasteiger partial charge in [0, 0.05) is 23.2 Å². The largest absolute Gasteiger partial charge is 0.359 e. The summed E-state index contributed by atoms with van der Waals surface area (Å²) in [7, 11) is 0. The Morgan fingerprint density at radius 2 is 2.18 bits per heavy atom. The number of aryl methyl sites for hydroxylation is 1. The molecule has 0 aliphatic carbocycles. The van der Waals surface area contributed by atoms with Gasteiger partial charge in [-0.1, -0.05) is 24.3 Å². The highest BCUT2D eigenvalue weighted by molar-refractivity contribution is 7.09. The van der Waals surface area contributed by atoms with E-state index in [9.17, 15) is 4.79 Å². The van der Waals surface area contributed by atoms with E-state index in [1.54, 1.807) is 11.3 Å². The highest BCUT2D eigenvalue weighted by Crippen LogP contribution is 2.29. The molecule has 1 unspecified atom stereocenters. The molecule has 1 amide bonds. The number of nitrogens with one attached hydrogen (secondary N) is 1. The molecule has 1 aliphatic rings. The molecule has 0 spiro atoms. The van der Waals surface area contributed by atoms with Crippen molar-refractivity contribution in [3.05, 3.63) is 52.2 Å². The maximum Gasteiger partial charge on any atom is 0.239 e. The van der Waals surface area contributed by atoms with E-state index in [0.717, 1.165) is 19.3 Å². The average molecular weight is 314 g/mol. The minimum absolute atomic E-state index is 0.111. The van der Waals surface area contributed by atoms with Crippen LogP contribution >= 0.6 is 11.3 Å². The number of anilines is 1. The molecule has 1 aliphatic heterocycles. The fourth-order valence-electron chi connectivity index (χ4n) is 2.99. The second kappa shape index (κ2) is 6.97. The summed E-state index contributed by atoms with van der Waals surface area (Å²) in [5.41, 5.74) is 2.57. The van der Waals surface area contributed by atoms with Crippen molar-refractivity contribution < 1.29 is 4.79 Å². The van der Waals surface area contributed by atoms with Crippen LogP contribution in [0.15, 0.2) is 41.8 Å². The first-order valence-electron chi connectivity index (χ1n) is 7.87. The summed E-state index contributed by atoms with van der Waals surface area (Å²) < 4.78 is 0. The number of hydrogen-bond donors (Lipinski definition) is 1. The highest BCUT2D eigenvalue weighted by Gasteiger charge is 2.24. The van der Waals surface area contributed by atoms with Gasteiger partial charge in [0.05, 0.1) is 6.54 Å². The van der Waals surface area contributed by atoms with E-state index < -0.39 is 0 Å². The van der Waals surface area contributed by atoms with Gasteiger partial charge < -0.3 is 10.2 Å². The number of nitrogens with zero attached hydrogens (tertiary/aromatic N) is 1. The molecule has 0 radical (unpaired) electrons. The second-order valence-electron chi connectivity index (χ2n) is 5.82. The molecule has 4 heteroatoms. The summed E-state index contributed by atoms with van der Waals surface area (Å²) in [6.07, 6.45) is 3.13. The molecule has 0 saturated carbocycles. The Hall–Kier alpha value is -1.81. The van der Waals surface area contributed by atoms with E-state index in [0.29, 0.717) is 19.1 Å². The maximum atomic E-state index is 12.2. The molecular weight excluding hydrogens is 292 g/mol. The second-order valence-corrected chi connectivity index (χ2v) is 6.86. The first kappa shape index (κ1) is 15.1. The number of benzene rings is 1. The Kier molecular flexibility index (Phi) is 4.78. The zero-order valence-corrected chi connectivity index (χ0v) is 13.7. The lowest BCUT2D eigenvalue weighted by molar-refractivity contribution is -0.119. The molecule has 1 atom stereocenters. The highest BCUT2D eigenvalue weighted by atomic mass is 32.1. The smallest absolute Gasteiger partial charge is 0.239 e. The zero-order chi connectivity index (χ0) is 15.4. The van der Waals surface area contributed by atoms with Gasteiger partial charge in [-0.15, -0.1) is 11.3 Å². The number of rotatable bonds is 5. The lowest BCUT2D eigenvalue weighted by atomic mass is 9.96.